The first kappa shape index (κ1) is 12.7. The minimum absolute atomic E-state index is 0.422. The van der Waals surface area contributed by atoms with Crippen LogP contribution in [0, 0.1) is 5.92 Å². The predicted molar refractivity (Wildman–Crippen MR) is 66.3 cm³/mol. The van der Waals surface area contributed by atoms with Gasteiger partial charge in [-0.2, -0.15) is 0 Å². The van der Waals surface area contributed by atoms with Gasteiger partial charge in [0, 0.05) is 24.1 Å². The summed E-state index contributed by atoms with van der Waals surface area (Å²) in [7, 11) is 0. The van der Waals surface area contributed by atoms with E-state index in [1.54, 1.807) is 11.3 Å². The van der Waals surface area contributed by atoms with Crippen LogP contribution in [0.4, 0.5) is 0 Å². The second-order valence-corrected chi connectivity index (χ2v) is 5.32. The smallest absolute Gasteiger partial charge is 0.0617 e. The Morgan fingerprint density at radius 3 is 2.73 bits per heavy atom. The predicted octanol–water partition coefficient (Wildman–Crippen LogP) is 2.90. The molecule has 0 saturated heterocycles. The number of nitrogens with one attached hydrogen (secondary N) is 1. The van der Waals surface area contributed by atoms with Gasteiger partial charge in [-0.25, -0.2) is 0 Å². The Hall–Kier alpha value is -0.380. The number of hydrogen-bond donors (Lipinski definition) is 1. The zero-order valence-corrected chi connectivity index (χ0v) is 10.6. The monoisotopic (exact) mass is 227 g/mol. The van der Waals surface area contributed by atoms with Gasteiger partial charge in [0.2, 0.25) is 0 Å². The molecule has 0 spiro atoms. The van der Waals surface area contributed by atoms with Gasteiger partial charge in [0.15, 0.2) is 0 Å². The molecule has 1 atom stereocenters. The highest BCUT2D eigenvalue weighted by Crippen LogP contribution is 2.07. The van der Waals surface area contributed by atoms with E-state index in [0.29, 0.717) is 12.0 Å². The largest absolute Gasteiger partial charge is 0.380 e. The standard InChI is InChI=1S/C12H21NOS/c1-10(2)8-14-9-11(3)13-7-12-5-4-6-15-12/h4-6,10-11,13H,7-9H2,1-3H3. The summed E-state index contributed by atoms with van der Waals surface area (Å²) in [5, 5.41) is 5.55. The fraction of sp³-hybridized carbons (Fsp3) is 0.667. The van der Waals surface area contributed by atoms with Crippen molar-refractivity contribution in [3.63, 3.8) is 0 Å². The van der Waals surface area contributed by atoms with Crippen LogP contribution in [-0.2, 0) is 11.3 Å². The van der Waals surface area contributed by atoms with Crippen LogP contribution >= 0.6 is 11.3 Å². The molecule has 0 fully saturated rings. The van der Waals surface area contributed by atoms with E-state index >= 15 is 0 Å². The second kappa shape index (κ2) is 6.99. The first-order valence-corrected chi connectivity index (χ1v) is 6.40. The molecule has 1 heterocycles. The lowest BCUT2D eigenvalue weighted by molar-refractivity contribution is 0.0936. The summed E-state index contributed by atoms with van der Waals surface area (Å²) >= 11 is 1.79. The molecule has 1 N–H and O–H groups in total. The fourth-order valence-electron chi connectivity index (χ4n) is 1.23. The summed E-state index contributed by atoms with van der Waals surface area (Å²) in [6, 6.07) is 4.66. The molecule has 0 aliphatic carbocycles. The van der Waals surface area contributed by atoms with Crippen LogP contribution in [0.15, 0.2) is 17.5 Å². The zero-order chi connectivity index (χ0) is 11.1. The van der Waals surface area contributed by atoms with E-state index in [9.17, 15) is 0 Å². The van der Waals surface area contributed by atoms with Crippen LogP contribution in [-0.4, -0.2) is 19.3 Å². The van der Waals surface area contributed by atoms with Crippen molar-refractivity contribution >= 4 is 11.3 Å². The number of thiophene rings is 1. The third-order valence-electron chi connectivity index (χ3n) is 2.02. The van der Waals surface area contributed by atoms with Crippen molar-refractivity contribution in [2.75, 3.05) is 13.2 Å². The van der Waals surface area contributed by atoms with Gasteiger partial charge in [0.05, 0.1) is 6.61 Å². The Morgan fingerprint density at radius 2 is 2.13 bits per heavy atom. The molecule has 86 valence electrons. The molecule has 0 aromatic carbocycles. The van der Waals surface area contributed by atoms with Crippen molar-refractivity contribution in [1.82, 2.24) is 5.32 Å². The van der Waals surface area contributed by atoms with Gasteiger partial charge in [-0.05, 0) is 24.3 Å². The molecule has 1 rings (SSSR count). The minimum atomic E-state index is 0.422. The summed E-state index contributed by atoms with van der Waals surface area (Å²) in [4.78, 5) is 1.38. The highest BCUT2D eigenvalue weighted by atomic mass is 32.1. The summed E-state index contributed by atoms with van der Waals surface area (Å²) < 4.78 is 5.57. The third kappa shape index (κ3) is 5.92. The molecule has 1 aromatic rings. The average Bonchev–Trinajstić information content (AvgIpc) is 2.66. The first-order chi connectivity index (χ1) is 7.18. The van der Waals surface area contributed by atoms with Gasteiger partial charge in [-0.3, -0.25) is 0 Å². The molecule has 0 aliphatic rings. The van der Waals surface area contributed by atoms with Crippen molar-refractivity contribution in [2.24, 2.45) is 5.92 Å². The molecule has 0 bridgehead atoms. The normalized spacial score (nSPS) is 13.3. The van der Waals surface area contributed by atoms with Gasteiger partial charge in [0.1, 0.15) is 0 Å². The molecule has 3 heteroatoms. The average molecular weight is 227 g/mol. The Kier molecular flexibility index (Phi) is 5.91. The van der Waals surface area contributed by atoms with E-state index in [4.69, 9.17) is 4.74 Å². The third-order valence-corrected chi connectivity index (χ3v) is 2.90. The highest BCUT2D eigenvalue weighted by molar-refractivity contribution is 7.09. The van der Waals surface area contributed by atoms with Gasteiger partial charge in [0.25, 0.3) is 0 Å². The van der Waals surface area contributed by atoms with E-state index < -0.39 is 0 Å². The molecule has 1 unspecified atom stereocenters. The SMILES string of the molecule is CC(C)COCC(C)NCc1cccs1. The van der Waals surface area contributed by atoms with Crippen LogP contribution < -0.4 is 5.32 Å². The Balaban J connectivity index is 2.06. The Labute approximate surface area is 96.7 Å². The topological polar surface area (TPSA) is 21.3 Å². The quantitative estimate of drug-likeness (QED) is 0.773. The maximum Gasteiger partial charge on any atom is 0.0617 e. The van der Waals surface area contributed by atoms with Crippen LogP contribution in [0.1, 0.15) is 25.6 Å². The number of ether oxygens (including phenoxy) is 1. The molecule has 0 aliphatic heterocycles. The molecule has 2 nitrogen and oxygen atoms in total. The van der Waals surface area contributed by atoms with Gasteiger partial charge < -0.3 is 10.1 Å². The number of hydrogen-bond acceptors (Lipinski definition) is 3. The van der Waals surface area contributed by atoms with Crippen LogP contribution in [0.25, 0.3) is 0 Å². The van der Waals surface area contributed by atoms with Crippen LogP contribution in [0.2, 0.25) is 0 Å². The first-order valence-electron chi connectivity index (χ1n) is 5.52. The minimum Gasteiger partial charge on any atom is -0.380 e. The Morgan fingerprint density at radius 1 is 1.33 bits per heavy atom. The lowest BCUT2D eigenvalue weighted by atomic mass is 10.2. The highest BCUT2D eigenvalue weighted by Gasteiger charge is 2.02. The second-order valence-electron chi connectivity index (χ2n) is 4.29. The summed E-state index contributed by atoms with van der Waals surface area (Å²) in [6.07, 6.45) is 0. The summed E-state index contributed by atoms with van der Waals surface area (Å²) in [6.45, 7) is 9.10. The summed E-state index contributed by atoms with van der Waals surface area (Å²) in [5.41, 5.74) is 0. The fourth-order valence-corrected chi connectivity index (χ4v) is 1.88. The summed E-state index contributed by atoms with van der Waals surface area (Å²) in [5.74, 6) is 0.620. The molecule has 0 amide bonds. The molecule has 1 aromatic heterocycles. The van der Waals surface area contributed by atoms with Crippen molar-refractivity contribution in [3.05, 3.63) is 22.4 Å². The van der Waals surface area contributed by atoms with Crippen LogP contribution in [0.5, 0.6) is 0 Å². The molecular weight excluding hydrogens is 206 g/mol. The van der Waals surface area contributed by atoms with Crippen molar-refractivity contribution in [2.45, 2.75) is 33.4 Å². The molecule has 0 radical (unpaired) electrons. The van der Waals surface area contributed by atoms with Crippen molar-refractivity contribution in [1.29, 1.82) is 0 Å². The van der Waals surface area contributed by atoms with E-state index in [0.717, 1.165) is 19.8 Å². The maximum absolute atomic E-state index is 5.57. The Bertz CT molecular complexity index is 246. The van der Waals surface area contributed by atoms with E-state index in [1.165, 1.54) is 4.88 Å². The van der Waals surface area contributed by atoms with E-state index in [1.807, 2.05) is 0 Å². The van der Waals surface area contributed by atoms with Gasteiger partial charge >= 0.3 is 0 Å². The van der Waals surface area contributed by atoms with Crippen molar-refractivity contribution < 1.29 is 4.74 Å². The lowest BCUT2D eigenvalue weighted by Crippen LogP contribution is -2.30. The van der Waals surface area contributed by atoms with Gasteiger partial charge in [-0.1, -0.05) is 19.9 Å². The number of rotatable bonds is 7. The van der Waals surface area contributed by atoms with Gasteiger partial charge in [-0.15, -0.1) is 11.3 Å². The van der Waals surface area contributed by atoms with Crippen LogP contribution in [0.3, 0.4) is 0 Å². The molecule has 0 saturated carbocycles. The van der Waals surface area contributed by atoms with E-state index in [-0.39, 0.29) is 0 Å². The molecular formula is C12H21NOS. The zero-order valence-electron chi connectivity index (χ0n) is 9.82. The molecule has 15 heavy (non-hydrogen) atoms. The van der Waals surface area contributed by atoms with Crippen molar-refractivity contribution in [3.8, 4) is 0 Å². The maximum atomic E-state index is 5.57. The van der Waals surface area contributed by atoms with E-state index in [2.05, 4.69) is 43.6 Å². The lowest BCUT2D eigenvalue weighted by Gasteiger charge is -2.14.